The summed E-state index contributed by atoms with van der Waals surface area (Å²) >= 11 is 1.78. The first-order chi connectivity index (χ1) is 8.36. The predicted octanol–water partition coefficient (Wildman–Crippen LogP) is 1.11. The Morgan fingerprint density at radius 1 is 1.39 bits per heavy atom. The summed E-state index contributed by atoms with van der Waals surface area (Å²) in [5.41, 5.74) is 7.10. The summed E-state index contributed by atoms with van der Waals surface area (Å²) in [5.74, 6) is 1.05. The first-order valence-corrected chi connectivity index (χ1v) is 8.42. The lowest BCUT2D eigenvalue weighted by Gasteiger charge is -2.21. The number of rotatable bonds is 6. The van der Waals surface area contributed by atoms with Gasteiger partial charge < -0.3 is 10.6 Å². The lowest BCUT2D eigenvalue weighted by molar-refractivity contribution is 0.598. The van der Waals surface area contributed by atoms with E-state index in [2.05, 4.69) is 6.26 Å². The van der Waals surface area contributed by atoms with Crippen LogP contribution in [0.1, 0.15) is 6.42 Å². The normalized spacial score (nSPS) is 11.5. The average Bonchev–Trinajstić information content (AvgIpc) is 2.28. The third-order valence-corrected chi connectivity index (χ3v) is 4.19. The molecule has 0 fully saturated rings. The van der Waals surface area contributed by atoms with Crippen LogP contribution in [0.5, 0.6) is 0 Å². The Morgan fingerprint density at radius 2 is 2.06 bits per heavy atom. The Kier molecular flexibility index (Phi) is 5.30. The van der Waals surface area contributed by atoms with Crippen molar-refractivity contribution in [2.45, 2.75) is 11.3 Å². The molecule has 1 aromatic carbocycles. The molecule has 1 aromatic rings. The van der Waals surface area contributed by atoms with Crippen molar-refractivity contribution in [3.63, 3.8) is 0 Å². The fourth-order valence-corrected chi connectivity index (χ4v) is 2.55. The summed E-state index contributed by atoms with van der Waals surface area (Å²) in [6.07, 6.45) is 3.06. The maximum Gasteiger partial charge on any atom is 0.238 e. The molecule has 0 unspecified atom stereocenters. The molecular formula is C11H19N3O2S2. The van der Waals surface area contributed by atoms with E-state index >= 15 is 0 Å². The Hall–Kier alpha value is -0.920. The first-order valence-electron chi connectivity index (χ1n) is 5.48. The van der Waals surface area contributed by atoms with Crippen molar-refractivity contribution in [3.05, 3.63) is 18.2 Å². The van der Waals surface area contributed by atoms with Crippen molar-refractivity contribution in [1.29, 1.82) is 0 Å². The van der Waals surface area contributed by atoms with Crippen LogP contribution in [0.2, 0.25) is 0 Å². The molecule has 0 saturated carbocycles. The van der Waals surface area contributed by atoms with E-state index in [4.69, 9.17) is 10.9 Å². The highest BCUT2D eigenvalue weighted by atomic mass is 32.2. The van der Waals surface area contributed by atoms with Crippen molar-refractivity contribution in [3.8, 4) is 0 Å². The zero-order valence-corrected chi connectivity index (χ0v) is 12.2. The molecule has 0 radical (unpaired) electrons. The van der Waals surface area contributed by atoms with Crippen LogP contribution in [0.25, 0.3) is 0 Å². The van der Waals surface area contributed by atoms with Crippen molar-refractivity contribution in [2.75, 3.05) is 36.2 Å². The Labute approximate surface area is 113 Å². The van der Waals surface area contributed by atoms with Crippen molar-refractivity contribution in [2.24, 2.45) is 5.14 Å². The van der Waals surface area contributed by atoms with Gasteiger partial charge in [-0.2, -0.15) is 11.8 Å². The Morgan fingerprint density at radius 3 is 2.61 bits per heavy atom. The smallest absolute Gasteiger partial charge is 0.238 e. The summed E-state index contributed by atoms with van der Waals surface area (Å²) in [5, 5.41) is 5.11. The molecule has 0 aromatic heterocycles. The van der Waals surface area contributed by atoms with Crippen LogP contribution in [0.4, 0.5) is 11.4 Å². The highest BCUT2D eigenvalue weighted by molar-refractivity contribution is 7.98. The van der Waals surface area contributed by atoms with Gasteiger partial charge in [0.15, 0.2) is 0 Å². The van der Waals surface area contributed by atoms with Gasteiger partial charge in [0.25, 0.3) is 0 Å². The Bertz CT molecular complexity index is 503. The number of hydrogen-bond acceptors (Lipinski definition) is 5. The SMILES string of the molecule is CSCCCN(C)c1cc(S(N)(=O)=O)ccc1N. The minimum Gasteiger partial charge on any atom is -0.397 e. The van der Waals surface area contributed by atoms with E-state index in [9.17, 15) is 8.42 Å². The number of primary sulfonamides is 1. The summed E-state index contributed by atoms with van der Waals surface area (Å²) < 4.78 is 22.6. The van der Waals surface area contributed by atoms with E-state index in [1.54, 1.807) is 17.8 Å². The number of thioether (sulfide) groups is 1. The maximum absolute atomic E-state index is 11.3. The highest BCUT2D eigenvalue weighted by Crippen LogP contribution is 2.25. The van der Waals surface area contributed by atoms with E-state index in [0.717, 1.165) is 18.7 Å². The summed E-state index contributed by atoms with van der Waals surface area (Å²) in [7, 11) is -1.80. The van der Waals surface area contributed by atoms with Gasteiger partial charge in [0.2, 0.25) is 10.0 Å². The van der Waals surface area contributed by atoms with Crippen LogP contribution in [-0.4, -0.2) is 34.0 Å². The topological polar surface area (TPSA) is 89.4 Å². The molecule has 0 amide bonds. The number of sulfonamides is 1. The number of nitrogen functional groups attached to an aromatic ring is 1. The lowest BCUT2D eigenvalue weighted by atomic mass is 10.2. The number of nitrogens with two attached hydrogens (primary N) is 2. The zero-order valence-electron chi connectivity index (χ0n) is 10.6. The number of anilines is 2. The highest BCUT2D eigenvalue weighted by Gasteiger charge is 2.12. The second-order valence-corrected chi connectivity index (χ2v) is 6.58. The third kappa shape index (κ3) is 4.08. The van der Waals surface area contributed by atoms with Crippen LogP contribution in [-0.2, 0) is 10.0 Å². The average molecular weight is 289 g/mol. The van der Waals surface area contributed by atoms with Crippen LogP contribution in [0, 0.1) is 0 Å². The van der Waals surface area contributed by atoms with Crippen molar-refractivity contribution < 1.29 is 8.42 Å². The van der Waals surface area contributed by atoms with Crippen molar-refractivity contribution in [1.82, 2.24) is 0 Å². The number of nitrogens with zero attached hydrogens (tertiary/aromatic N) is 1. The van der Waals surface area contributed by atoms with Crippen LogP contribution in [0.3, 0.4) is 0 Å². The molecule has 5 nitrogen and oxygen atoms in total. The second kappa shape index (κ2) is 6.31. The molecule has 0 heterocycles. The monoisotopic (exact) mass is 289 g/mol. The van der Waals surface area contributed by atoms with Gasteiger partial charge in [0, 0.05) is 13.6 Å². The minimum atomic E-state index is -3.69. The predicted molar refractivity (Wildman–Crippen MR) is 78.5 cm³/mol. The standard InChI is InChI=1S/C11H19N3O2S2/c1-14(6-3-7-17-2)11-8-9(18(13,15)16)4-5-10(11)12/h4-5,8H,3,6-7,12H2,1-2H3,(H2,13,15,16). The maximum atomic E-state index is 11.3. The van der Waals surface area contributed by atoms with E-state index in [-0.39, 0.29) is 4.90 Å². The molecule has 0 aliphatic rings. The molecule has 18 heavy (non-hydrogen) atoms. The van der Waals surface area contributed by atoms with E-state index in [0.29, 0.717) is 11.4 Å². The fourth-order valence-electron chi connectivity index (χ4n) is 1.60. The summed E-state index contributed by atoms with van der Waals surface area (Å²) in [6.45, 7) is 0.819. The molecular weight excluding hydrogens is 270 g/mol. The molecule has 7 heteroatoms. The van der Waals surface area contributed by atoms with Crippen LogP contribution >= 0.6 is 11.8 Å². The minimum absolute atomic E-state index is 0.0865. The second-order valence-electron chi connectivity index (χ2n) is 4.03. The van der Waals surface area contributed by atoms with Gasteiger partial charge in [-0.1, -0.05) is 0 Å². The number of hydrogen-bond donors (Lipinski definition) is 2. The van der Waals surface area contributed by atoms with Crippen LogP contribution in [0.15, 0.2) is 23.1 Å². The van der Waals surface area contributed by atoms with Crippen molar-refractivity contribution >= 4 is 33.2 Å². The zero-order chi connectivity index (χ0) is 13.8. The molecule has 0 saturated heterocycles. The van der Waals surface area contributed by atoms with Gasteiger partial charge >= 0.3 is 0 Å². The molecule has 0 bridgehead atoms. The first kappa shape index (κ1) is 15.1. The van der Waals surface area contributed by atoms with Gasteiger partial charge in [-0.3, -0.25) is 0 Å². The third-order valence-electron chi connectivity index (χ3n) is 2.58. The van der Waals surface area contributed by atoms with Gasteiger partial charge in [0.1, 0.15) is 0 Å². The largest absolute Gasteiger partial charge is 0.397 e. The Balaban J connectivity index is 2.93. The van der Waals surface area contributed by atoms with Gasteiger partial charge in [-0.15, -0.1) is 0 Å². The van der Waals surface area contributed by atoms with Gasteiger partial charge in [-0.25, -0.2) is 13.6 Å². The van der Waals surface area contributed by atoms with Crippen LogP contribution < -0.4 is 15.8 Å². The lowest BCUT2D eigenvalue weighted by Crippen LogP contribution is -2.21. The molecule has 4 N–H and O–H groups in total. The molecule has 1 rings (SSSR count). The van der Waals surface area contributed by atoms with Gasteiger partial charge in [0.05, 0.1) is 16.3 Å². The molecule has 0 aliphatic heterocycles. The van der Waals surface area contributed by atoms with E-state index in [1.807, 2.05) is 11.9 Å². The molecule has 0 atom stereocenters. The quantitative estimate of drug-likeness (QED) is 0.605. The number of benzene rings is 1. The van der Waals surface area contributed by atoms with E-state index < -0.39 is 10.0 Å². The molecule has 102 valence electrons. The summed E-state index contributed by atoms with van der Waals surface area (Å²) in [6, 6.07) is 4.51. The fraction of sp³-hybridized carbons (Fsp3) is 0.455. The summed E-state index contributed by atoms with van der Waals surface area (Å²) in [4.78, 5) is 2.03. The van der Waals surface area contributed by atoms with Gasteiger partial charge in [-0.05, 0) is 36.6 Å². The van der Waals surface area contributed by atoms with E-state index in [1.165, 1.54) is 12.1 Å². The molecule has 0 spiro atoms. The molecule has 0 aliphatic carbocycles.